The Morgan fingerprint density at radius 1 is 1.40 bits per heavy atom. The SMILES string of the molecule is Cc1nnc(CN(C(=O)c2ccoc2Br)C(C)(C)C)o1. The van der Waals surface area contributed by atoms with Crippen molar-refractivity contribution in [2.75, 3.05) is 0 Å². The van der Waals surface area contributed by atoms with Crippen LogP contribution >= 0.6 is 15.9 Å². The monoisotopic (exact) mass is 341 g/mol. The van der Waals surface area contributed by atoms with Crippen molar-refractivity contribution in [3.8, 4) is 0 Å². The van der Waals surface area contributed by atoms with Gasteiger partial charge in [0.25, 0.3) is 5.91 Å². The standard InChI is InChI=1S/C13H16BrN3O3/c1-8-15-16-10(20-8)7-17(13(2,3)4)12(18)9-5-6-19-11(9)14/h5-6H,7H2,1-4H3. The second-order valence-corrected chi connectivity index (χ2v) is 6.11. The highest BCUT2D eigenvalue weighted by Gasteiger charge is 2.30. The lowest BCUT2D eigenvalue weighted by atomic mass is 10.0. The van der Waals surface area contributed by atoms with Gasteiger partial charge in [-0.2, -0.15) is 0 Å². The lowest BCUT2D eigenvalue weighted by Crippen LogP contribution is -2.45. The van der Waals surface area contributed by atoms with Crippen LogP contribution in [-0.4, -0.2) is 26.5 Å². The Morgan fingerprint density at radius 2 is 2.10 bits per heavy atom. The molecule has 108 valence electrons. The zero-order valence-corrected chi connectivity index (χ0v) is 13.4. The predicted octanol–water partition coefficient (Wildman–Crippen LogP) is 3.17. The summed E-state index contributed by atoms with van der Waals surface area (Å²) in [7, 11) is 0. The second-order valence-electron chi connectivity index (χ2n) is 5.38. The first-order valence-corrected chi connectivity index (χ1v) is 6.92. The minimum Gasteiger partial charge on any atom is -0.457 e. The summed E-state index contributed by atoms with van der Waals surface area (Å²) in [6, 6.07) is 1.63. The topological polar surface area (TPSA) is 72.4 Å². The van der Waals surface area contributed by atoms with E-state index in [1.807, 2.05) is 20.8 Å². The van der Waals surface area contributed by atoms with Crippen LogP contribution in [0.25, 0.3) is 0 Å². The number of hydrogen-bond donors (Lipinski definition) is 0. The normalized spacial score (nSPS) is 11.7. The molecule has 0 radical (unpaired) electrons. The molecule has 0 saturated carbocycles. The van der Waals surface area contributed by atoms with Gasteiger partial charge < -0.3 is 13.7 Å². The zero-order chi connectivity index (χ0) is 14.9. The van der Waals surface area contributed by atoms with Crippen molar-refractivity contribution >= 4 is 21.8 Å². The Morgan fingerprint density at radius 3 is 2.55 bits per heavy atom. The van der Waals surface area contributed by atoms with Crippen molar-refractivity contribution < 1.29 is 13.6 Å². The summed E-state index contributed by atoms with van der Waals surface area (Å²) in [5.74, 6) is 0.727. The first kappa shape index (κ1) is 14.8. The number of halogens is 1. The third kappa shape index (κ3) is 3.09. The molecule has 0 fully saturated rings. The second kappa shape index (κ2) is 5.40. The van der Waals surface area contributed by atoms with E-state index < -0.39 is 5.54 Å². The van der Waals surface area contributed by atoms with Crippen molar-refractivity contribution in [1.29, 1.82) is 0 Å². The van der Waals surface area contributed by atoms with Crippen molar-refractivity contribution in [3.05, 3.63) is 34.3 Å². The third-order valence-corrected chi connectivity index (χ3v) is 3.38. The Labute approximate surface area is 125 Å². The molecule has 0 atom stereocenters. The minimum absolute atomic E-state index is 0.158. The van der Waals surface area contributed by atoms with Crippen molar-refractivity contribution in [1.82, 2.24) is 15.1 Å². The molecule has 0 N–H and O–H groups in total. The molecule has 0 aromatic carbocycles. The molecule has 6 nitrogen and oxygen atoms in total. The molecule has 2 aromatic rings. The van der Waals surface area contributed by atoms with Crippen molar-refractivity contribution in [2.45, 2.75) is 39.8 Å². The summed E-state index contributed by atoms with van der Waals surface area (Å²) in [4.78, 5) is 14.3. The fourth-order valence-electron chi connectivity index (χ4n) is 1.74. The molecule has 0 aliphatic rings. The molecular formula is C13H16BrN3O3. The van der Waals surface area contributed by atoms with Gasteiger partial charge in [0.1, 0.15) is 0 Å². The molecule has 2 rings (SSSR count). The first-order valence-electron chi connectivity index (χ1n) is 6.13. The maximum atomic E-state index is 12.6. The molecule has 0 unspecified atom stereocenters. The van der Waals surface area contributed by atoms with Gasteiger partial charge in [0.15, 0.2) is 4.67 Å². The molecule has 1 amide bonds. The van der Waals surface area contributed by atoms with E-state index in [9.17, 15) is 4.79 Å². The number of carbonyl (C=O) groups excluding carboxylic acids is 1. The molecule has 20 heavy (non-hydrogen) atoms. The van der Waals surface area contributed by atoms with E-state index in [1.165, 1.54) is 6.26 Å². The van der Waals surface area contributed by atoms with E-state index in [4.69, 9.17) is 8.83 Å². The van der Waals surface area contributed by atoms with Gasteiger partial charge in [-0.1, -0.05) is 0 Å². The van der Waals surface area contributed by atoms with E-state index in [0.29, 0.717) is 22.0 Å². The number of amides is 1. The van der Waals surface area contributed by atoms with Crippen LogP contribution in [0.2, 0.25) is 0 Å². The number of rotatable bonds is 3. The average Bonchev–Trinajstić information content (AvgIpc) is 2.93. The number of aromatic nitrogens is 2. The number of carbonyl (C=O) groups is 1. The molecule has 0 aliphatic heterocycles. The highest BCUT2D eigenvalue weighted by Crippen LogP contribution is 2.25. The van der Waals surface area contributed by atoms with E-state index in [0.717, 1.165) is 0 Å². The molecule has 0 spiro atoms. The van der Waals surface area contributed by atoms with Crippen LogP contribution in [0.4, 0.5) is 0 Å². The lowest BCUT2D eigenvalue weighted by Gasteiger charge is -2.34. The van der Waals surface area contributed by atoms with Crippen LogP contribution in [-0.2, 0) is 6.54 Å². The van der Waals surface area contributed by atoms with Crippen molar-refractivity contribution in [2.24, 2.45) is 0 Å². The van der Waals surface area contributed by atoms with Crippen LogP contribution in [0.3, 0.4) is 0 Å². The number of furan rings is 1. The summed E-state index contributed by atoms with van der Waals surface area (Å²) < 4.78 is 10.9. The minimum atomic E-state index is -0.393. The smallest absolute Gasteiger partial charge is 0.259 e. The van der Waals surface area contributed by atoms with Crippen LogP contribution in [0.1, 0.15) is 42.9 Å². The molecule has 0 aliphatic carbocycles. The Balaban J connectivity index is 2.29. The van der Waals surface area contributed by atoms with E-state index in [1.54, 1.807) is 17.9 Å². The number of nitrogens with zero attached hydrogens (tertiary/aromatic N) is 3. The van der Waals surface area contributed by atoms with Crippen LogP contribution in [0.15, 0.2) is 25.8 Å². The fourth-order valence-corrected chi connectivity index (χ4v) is 2.15. The molecule has 2 aromatic heterocycles. The molecule has 7 heteroatoms. The summed E-state index contributed by atoms with van der Waals surface area (Å²) in [6.45, 7) is 7.81. The zero-order valence-electron chi connectivity index (χ0n) is 11.8. The third-order valence-electron chi connectivity index (χ3n) is 2.76. The summed E-state index contributed by atoms with van der Waals surface area (Å²) >= 11 is 3.23. The highest BCUT2D eigenvalue weighted by molar-refractivity contribution is 9.10. The van der Waals surface area contributed by atoms with Gasteiger partial charge in [-0.05, 0) is 42.8 Å². The van der Waals surface area contributed by atoms with Crippen LogP contribution in [0, 0.1) is 6.92 Å². The Bertz CT molecular complexity index is 612. The molecule has 2 heterocycles. The van der Waals surface area contributed by atoms with Gasteiger partial charge in [-0.3, -0.25) is 4.79 Å². The average molecular weight is 342 g/mol. The quantitative estimate of drug-likeness (QED) is 0.857. The lowest BCUT2D eigenvalue weighted by molar-refractivity contribution is 0.0529. The van der Waals surface area contributed by atoms with Crippen LogP contribution in [0.5, 0.6) is 0 Å². The molecule has 0 bridgehead atoms. The number of hydrogen-bond acceptors (Lipinski definition) is 5. The van der Waals surface area contributed by atoms with Gasteiger partial charge in [-0.15, -0.1) is 10.2 Å². The van der Waals surface area contributed by atoms with E-state index in [2.05, 4.69) is 26.1 Å². The van der Waals surface area contributed by atoms with Gasteiger partial charge in [0.05, 0.1) is 18.4 Å². The van der Waals surface area contributed by atoms with E-state index in [-0.39, 0.29) is 12.5 Å². The maximum Gasteiger partial charge on any atom is 0.259 e. The molecule has 0 saturated heterocycles. The first-order chi connectivity index (χ1) is 9.29. The van der Waals surface area contributed by atoms with Crippen molar-refractivity contribution in [3.63, 3.8) is 0 Å². The largest absolute Gasteiger partial charge is 0.457 e. The fraction of sp³-hybridized carbons (Fsp3) is 0.462. The van der Waals surface area contributed by atoms with E-state index >= 15 is 0 Å². The maximum absolute atomic E-state index is 12.6. The van der Waals surface area contributed by atoms with Gasteiger partial charge >= 0.3 is 0 Å². The Kier molecular flexibility index (Phi) is 3.99. The summed E-state index contributed by atoms with van der Waals surface area (Å²) in [5.41, 5.74) is 0.0760. The number of aryl methyl sites for hydroxylation is 1. The summed E-state index contributed by atoms with van der Waals surface area (Å²) in [6.07, 6.45) is 1.47. The van der Waals surface area contributed by atoms with Crippen LogP contribution < -0.4 is 0 Å². The van der Waals surface area contributed by atoms with Gasteiger partial charge in [0, 0.05) is 12.5 Å². The van der Waals surface area contributed by atoms with Gasteiger partial charge in [-0.25, -0.2) is 0 Å². The Hall–Kier alpha value is -1.63. The molecular weight excluding hydrogens is 326 g/mol. The highest BCUT2D eigenvalue weighted by atomic mass is 79.9. The predicted molar refractivity (Wildman–Crippen MR) is 75.1 cm³/mol. The summed E-state index contributed by atoms with van der Waals surface area (Å²) in [5, 5.41) is 7.72. The van der Waals surface area contributed by atoms with Gasteiger partial charge in [0.2, 0.25) is 11.8 Å².